The number of benzene rings is 1. The summed E-state index contributed by atoms with van der Waals surface area (Å²) in [7, 11) is -7.99. The highest BCUT2D eigenvalue weighted by atomic mass is 32.2. The molecule has 29 heavy (non-hydrogen) atoms. The molecule has 1 aromatic rings. The molecule has 164 valence electrons. The second-order valence-electron chi connectivity index (χ2n) is 9.17. The van der Waals surface area contributed by atoms with E-state index < -0.39 is 35.3 Å². The smallest absolute Gasteiger partial charge is 0.534 e. The number of ether oxygens (including phenoxy) is 1. The van der Waals surface area contributed by atoms with Crippen LogP contribution in [-0.2, 0) is 14.3 Å². The molecular weight excluding hydrogens is 425 g/mol. The van der Waals surface area contributed by atoms with E-state index in [0.29, 0.717) is 11.3 Å². The molecule has 0 atom stereocenters. The van der Waals surface area contributed by atoms with Crippen LogP contribution in [0.1, 0.15) is 45.7 Å². The Balaban J connectivity index is 2.54. The van der Waals surface area contributed by atoms with Crippen LogP contribution in [0.25, 0.3) is 5.76 Å². The van der Waals surface area contributed by atoms with Crippen molar-refractivity contribution >= 4 is 24.2 Å². The minimum Gasteiger partial charge on any atom is -0.543 e. The zero-order chi connectivity index (χ0) is 22.6. The summed E-state index contributed by atoms with van der Waals surface area (Å²) in [5, 5.41) is -0.0636. The molecule has 1 aliphatic heterocycles. The van der Waals surface area contributed by atoms with Gasteiger partial charge in [0.05, 0.1) is 5.56 Å². The Morgan fingerprint density at radius 3 is 2.14 bits per heavy atom. The van der Waals surface area contributed by atoms with Gasteiger partial charge in [0.1, 0.15) is 17.1 Å². The van der Waals surface area contributed by atoms with E-state index in [0.717, 1.165) is 0 Å². The van der Waals surface area contributed by atoms with Crippen molar-refractivity contribution in [2.45, 2.75) is 70.8 Å². The van der Waals surface area contributed by atoms with Crippen molar-refractivity contribution < 1.29 is 34.9 Å². The van der Waals surface area contributed by atoms with E-state index in [9.17, 15) is 21.6 Å². The molecule has 1 aromatic carbocycles. The van der Waals surface area contributed by atoms with Crippen LogP contribution in [0.4, 0.5) is 13.2 Å². The lowest BCUT2D eigenvalue weighted by Gasteiger charge is -2.37. The molecule has 0 N–H and O–H groups in total. The van der Waals surface area contributed by atoms with E-state index >= 15 is 0 Å². The van der Waals surface area contributed by atoms with Crippen LogP contribution in [0, 0.1) is 6.92 Å². The van der Waals surface area contributed by atoms with Gasteiger partial charge in [0.25, 0.3) is 0 Å². The predicted molar refractivity (Wildman–Crippen MR) is 108 cm³/mol. The molecule has 0 radical (unpaired) electrons. The predicted octanol–water partition coefficient (Wildman–Crippen LogP) is 5.76. The van der Waals surface area contributed by atoms with Gasteiger partial charge in [0.2, 0.25) is 8.32 Å². The molecule has 1 heterocycles. The second kappa shape index (κ2) is 6.94. The number of hydrogen-bond acceptors (Lipinski definition) is 5. The summed E-state index contributed by atoms with van der Waals surface area (Å²) in [5.41, 5.74) is -5.98. The van der Waals surface area contributed by atoms with Crippen molar-refractivity contribution in [1.82, 2.24) is 0 Å². The highest BCUT2D eigenvalue weighted by Gasteiger charge is 2.50. The Bertz CT molecular complexity index is 942. The quantitative estimate of drug-likeness (QED) is 0.330. The van der Waals surface area contributed by atoms with E-state index in [1.807, 2.05) is 0 Å². The standard InChI is InChI=1S/C19H27F3O5SSi/c1-12-9-13(27-29(7,8)17(2,3)4)10-14-16(12)15(11-18(5,6)25-14)26-28(23,24)19(20,21)22/h9-11H,1-8H3. The average molecular weight is 453 g/mol. The molecule has 10 heteroatoms. The van der Waals surface area contributed by atoms with E-state index in [-0.39, 0.29) is 16.4 Å². The van der Waals surface area contributed by atoms with Crippen LogP contribution >= 0.6 is 0 Å². The molecule has 1 aliphatic rings. The fourth-order valence-electron chi connectivity index (χ4n) is 2.56. The Hall–Kier alpha value is -1.68. The molecule has 5 nitrogen and oxygen atoms in total. The fraction of sp³-hybridized carbons (Fsp3) is 0.579. The van der Waals surface area contributed by atoms with E-state index in [4.69, 9.17) is 9.16 Å². The zero-order valence-electron chi connectivity index (χ0n) is 17.8. The highest BCUT2D eigenvalue weighted by Crippen LogP contribution is 2.44. The number of alkyl halides is 3. The van der Waals surface area contributed by atoms with Crippen molar-refractivity contribution in [3.8, 4) is 11.5 Å². The first-order valence-electron chi connectivity index (χ1n) is 9.02. The average Bonchev–Trinajstić information content (AvgIpc) is 2.41. The maximum Gasteiger partial charge on any atom is 0.534 e. The summed E-state index contributed by atoms with van der Waals surface area (Å²) in [4.78, 5) is 0. The van der Waals surface area contributed by atoms with Crippen molar-refractivity contribution in [2.24, 2.45) is 0 Å². The van der Waals surface area contributed by atoms with Gasteiger partial charge in [-0.1, -0.05) is 20.8 Å². The van der Waals surface area contributed by atoms with Gasteiger partial charge < -0.3 is 13.3 Å². The summed E-state index contributed by atoms with van der Waals surface area (Å²) in [6.45, 7) is 15.2. The third-order valence-electron chi connectivity index (χ3n) is 5.03. The van der Waals surface area contributed by atoms with Crippen LogP contribution in [0.5, 0.6) is 11.5 Å². The fourth-order valence-corrected chi connectivity index (χ4v) is 4.03. The van der Waals surface area contributed by atoms with Gasteiger partial charge in [0.15, 0.2) is 5.76 Å². The first-order chi connectivity index (χ1) is 12.8. The number of halogens is 3. The van der Waals surface area contributed by atoms with Gasteiger partial charge in [0, 0.05) is 12.1 Å². The lowest BCUT2D eigenvalue weighted by molar-refractivity contribution is -0.0510. The van der Waals surface area contributed by atoms with Gasteiger partial charge in [-0.2, -0.15) is 21.6 Å². The molecule has 0 fully saturated rings. The number of fused-ring (bicyclic) bond motifs is 1. The molecule has 2 rings (SSSR count). The molecule has 0 aliphatic carbocycles. The summed E-state index contributed by atoms with van der Waals surface area (Å²) in [5.74, 6) is 0.312. The Labute approximate surface area is 171 Å². The Morgan fingerprint density at radius 2 is 1.66 bits per heavy atom. The summed E-state index contributed by atoms with van der Waals surface area (Å²) in [6, 6.07) is 3.22. The van der Waals surface area contributed by atoms with Crippen LogP contribution in [0.15, 0.2) is 18.2 Å². The first kappa shape index (κ1) is 23.6. The van der Waals surface area contributed by atoms with Gasteiger partial charge in [-0.15, -0.1) is 0 Å². The maximum absolute atomic E-state index is 12.8. The molecule has 0 spiro atoms. The largest absolute Gasteiger partial charge is 0.543 e. The van der Waals surface area contributed by atoms with Gasteiger partial charge in [-0.05, 0) is 50.5 Å². The molecule has 0 aromatic heterocycles. The number of hydrogen-bond donors (Lipinski definition) is 0. The third kappa shape index (κ3) is 4.91. The third-order valence-corrected chi connectivity index (χ3v) is 10.4. The molecule has 0 amide bonds. The van der Waals surface area contributed by atoms with Crippen molar-refractivity contribution in [2.75, 3.05) is 0 Å². The number of aryl methyl sites for hydroxylation is 1. The SMILES string of the molecule is Cc1cc(O[Si](C)(C)C(C)(C)C)cc2c1C(OS(=O)(=O)C(F)(F)F)=CC(C)(C)O2. The summed E-state index contributed by atoms with van der Waals surface area (Å²) >= 11 is 0. The maximum atomic E-state index is 12.8. The Morgan fingerprint density at radius 1 is 1.10 bits per heavy atom. The minimum atomic E-state index is -5.81. The van der Waals surface area contributed by atoms with Gasteiger partial charge >= 0.3 is 15.6 Å². The monoisotopic (exact) mass is 452 g/mol. The summed E-state index contributed by atoms with van der Waals surface area (Å²) in [6.07, 6.45) is 1.22. The summed E-state index contributed by atoms with van der Waals surface area (Å²) < 4.78 is 78.3. The minimum absolute atomic E-state index is 0.0636. The van der Waals surface area contributed by atoms with Crippen LogP contribution in [0.3, 0.4) is 0 Å². The normalized spacial score (nSPS) is 17.1. The van der Waals surface area contributed by atoms with Crippen molar-refractivity contribution in [3.05, 3.63) is 29.3 Å². The van der Waals surface area contributed by atoms with Gasteiger partial charge in [-0.25, -0.2) is 0 Å². The topological polar surface area (TPSA) is 61.8 Å². The van der Waals surface area contributed by atoms with E-state index in [1.165, 1.54) is 6.08 Å². The van der Waals surface area contributed by atoms with E-state index in [1.54, 1.807) is 32.9 Å². The highest BCUT2D eigenvalue weighted by molar-refractivity contribution is 7.87. The zero-order valence-corrected chi connectivity index (χ0v) is 19.6. The van der Waals surface area contributed by atoms with Crippen LogP contribution < -0.4 is 9.16 Å². The van der Waals surface area contributed by atoms with Crippen LogP contribution in [0.2, 0.25) is 18.1 Å². The van der Waals surface area contributed by atoms with Crippen molar-refractivity contribution in [3.63, 3.8) is 0 Å². The number of rotatable bonds is 4. The van der Waals surface area contributed by atoms with Crippen molar-refractivity contribution in [1.29, 1.82) is 0 Å². The first-order valence-corrected chi connectivity index (χ1v) is 13.3. The molecule has 0 saturated heterocycles. The lowest BCUT2D eigenvalue weighted by Crippen LogP contribution is -2.43. The van der Waals surface area contributed by atoms with Crippen LogP contribution in [-0.4, -0.2) is 27.8 Å². The molecule has 0 bridgehead atoms. The van der Waals surface area contributed by atoms with E-state index in [2.05, 4.69) is 38.0 Å². The Kier molecular flexibility index (Phi) is 5.64. The molecule has 0 saturated carbocycles. The lowest BCUT2D eigenvalue weighted by atomic mass is 9.97. The van der Waals surface area contributed by atoms with Gasteiger partial charge in [-0.3, -0.25) is 0 Å². The molecular formula is C19H27F3O5SSi. The second-order valence-corrected chi connectivity index (χ2v) is 15.4. The molecule has 0 unspecified atom stereocenters.